The van der Waals surface area contributed by atoms with Gasteiger partial charge in [-0.15, -0.1) is 0 Å². The zero-order chi connectivity index (χ0) is 14.1. The molecule has 20 heavy (non-hydrogen) atoms. The Morgan fingerprint density at radius 2 is 2.15 bits per heavy atom. The predicted molar refractivity (Wildman–Crippen MR) is 73.2 cm³/mol. The molecule has 2 N–H and O–H groups in total. The highest BCUT2D eigenvalue weighted by atomic mass is 32.1. The van der Waals surface area contributed by atoms with Crippen LogP contribution in [0.2, 0.25) is 0 Å². The molecule has 0 atom stereocenters. The summed E-state index contributed by atoms with van der Waals surface area (Å²) in [6, 6.07) is 7.77. The first-order chi connectivity index (χ1) is 9.63. The van der Waals surface area contributed by atoms with Crippen LogP contribution in [0, 0.1) is 0 Å². The van der Waals surface area contributed by atoms with Crippen molar-refractivity contribution in [3.8, 4) is 0 Å². The van der Waals surface area contributed by atoms with Crippen LogP contribution >= 0.6 is 11.3 Å². The van der Waals surface area contributed by atoms with Gasteiger partial charge >= 0.3 is 5.97 Å². The number of furan rings is 1. The minimum absolute atomic E-state index is 0.185. The molecule has 100 valence electrons. The summed E-state index contributed by atoms with van der Waals surface area (Å²) >= 11 is 1.21. The van der Waals surface area contributed by atoms with Gasteiger partial charge in [0.1, 0.15) is 0 Å². The molecule has 0 fully saturated rings. The number of carbonyl (C=O) groups is 2. The van der Waals surface area contributed by atoms with E-state index in [1.807, 2.05) is 0 Å². The molecule has 6 nitrogen and oxygen atoms in total. The molecule has 2 aromatic heterocycles. The lowest BCUT2D eigenvalue weighted by atomic mass is 10.2. The molecule has 1 aromatic carbocycles. The second kappa shape index (κ2) is 4.78. The lowest BCUT2D eigenvalue weighted by Gasteiger charge is -1.96. The number of carbonyl (C=O) groups excluding carboxylic acids is 1. The van der Waals surface area contributed by atoms with Gasteiger partial charge in [-0.1, -0.05) is 11.3 Å². The van der Waals surface area contributed by atoms with E-state index in [0.29, 0.717) is 15.3 Å². The smallest absolute Gasteiger partial charge is 0.335 e. The van der Waals surface area contributed by atoms with Crippen LogP contribution in [0.25, 0.3) is 10.2 Å². The number of hydrogen-bond acceptors (Lipinski definition) is 5. The largest absolute Gasteiger partial charge is 0.478 e. The zero-order valence-electron chi connectivity index (χ0n) is 9.99. The summed E-state index contributed by atoms with van der Waals surface area (Å²) in [6.45, 7) is 0. The van der Waals surface area contributed by atoms with Crippen LogP contribution in [0.1, 0.15) is 20.9 Å². The van der Waals surface area contributed by atoms with Crippen molar-refractivity contribution in [2.45, 2.75) is 0 Å². The third-order valence-corrected chi connectivity index (χ3v) is 3.53. The van der Waals surface area contributed by atoms with E-state index in [-0.39, 0.29) is 11.3 Å². The fraction of sp³-hybridized carbons (Fsp3) is 0. The maximum absolute atomic E-state index is 11.8. The average molecular weight is 288 g/mol. The number of anilines is 1. The Bertz CT molecular complexity index is 792. The molecule has 0 radical (unpaired) electrons. The van der Waals surface area contributed by atoms with E-state index in [0.717, 1.165) is 0 Å². The first-order valence-electron chi connectivity index (χ1n) is 5.62. The van der Waals surface area contributed by atoms with E-state index < -0.39 is 11.9 Å². The van der Waals surface area contributed by atoms with Gasteiger partial charge in [0, 0.05) is 0 Å². The van der Waals surface area contributed by atoms with Crippen molar-refractivity contribution < 1.29 is 19.1 Å². The van der Waals surface area contributed by atoms with Crippen molar-refractivity contribution in [1.29, 1.82) is 0 Å². The topological polar surface area (TPSA) is 92.4 Å². The fourth-order valence-corrected chi connectivity index (χ4v) is 2.58. The maximum Gasteiger partial charge on any atom is 0.335 e. The van der Waals surface area contributed by atoms with Crippen molar-refractivity contribution in [1.82, 2.24) is 4.98 Å². The summed E-state index contributed by atoms with van der Waals surface area (Å²) in [4.78, 5) is 26.9. The van der Waals surface area contributed by atoms with Crippen LogP contribution in [0.15, 0.2) is 41.0 Å². The van der Waals surface area contributed by atoms with Crippen LogP contribution in [0.4, 0.5) is 5.13 Å². The second-order valence-corrected chi connectivity index (χ2v) is 4.97. The Labute approximate surface area is 116 Å². The number of amides is 1. The van der Waals surface area contributed by atoms with Gasteiger partial charge in [0.2, 0.25) is 0 Å². The highest BCUT2D eigenvalue weighted by Crippen LogP contribution is 2.27. The van der Waals surface area contributed by atoms with Gasteiger partial charge in [0.25, 0.3) is 5.91 Å². The normalized spacial score (nSPS) is 10.6. The van der Waals surface area contributed by atoms with E-state index in [4.69, 9.17) is 9.52 Å². The number of aromatic nitrogens is 1. The average Bonchev–Trinajstić information content (AvgIpc) is 3.06. The summed E-state index contributed by atoms with van der Waals surface area (Å²) in [5.74, 6) is -1.20. The maximum atomic E-state index is 11.8. The molecule has 0 spiro atoms. The molecule has 0 saturated heterocycles. The number of carboxylic acid groups (broad SMARTS) is 1. The van der Waals surface area contributed by atoms with E-state index in [2.05, 4.69) is 10.3 Å². The SMILES string of the molecule is O=C(O)c1ccc2nc(NC(=O)c3ccco3)sc2c1. The molecule has 0 saturated carbocycles. The number of hydrogen-bond donors (Lipinski definition) is 2. The molecular weight excluding hydrogens is 280 g/mol. The van der Waals surface area contributed by atoms with Crippen LogP contribution < -0.4 is 5.32 Å². The van der Waals surface area contributed by atoms with Gasteiger partial charge in [-0.05, 0) is 30.3 Å². The van der Waals surface area contributed by atoms with Crippen molar-refractivity contribution in [2.24, 2.45) is 0 Å². The molecular formula is C13H8N2O4S. The highest BCUT2D eigenvalue weighted by molar-refractivity contribution is 7.22. The van der Waals surface area contributed by atoms with Gasteiger partial charge in [0.15, 0.2) is 10.9 Å². The van der Waals surface area contributed by atoms with E-state index >= 15 is 0 Å². The number of benzene rings is 1. The van der Waals surface area contributed by atoms with E-state index in [1.54, 1.807) is 18.2 Å². The summed E-state index contributed by atoms with van der Waals surface area (Å²) in [7, 11) is 0. The molecule has 3 rings (SSSR count). The third kappa shape index (κ3) is 2.26. The lowest BCUT2D eigenvalue weighted by Crippen LogP contribution is -2.10. The first-order valence-corrected chi connectivity index (χ1v) is 6.44. The molecule has 0 aliphatic rings. The Hall–Kier alpha value is -2.67. The van der Waals surface area contributed by atoms with Crippen molar-refractivity contribution in [2.75, 3.05) is 5.32 Å². The summed E-state index contributed by atoms with van der Waals surface area (Å²) in [5.41, 5.74) is 0.819. The number of thiazole rings is 1. The number of rotatable bonds is 3. The van der Waals surface area contributed by atoms with Crippen LogP contribution in [-0.2, 0) is 0 Å². The Balaban J connectivity index is 1.89. The molecule has 0 aliphatic heterocycles. The summed E-state index contributed by atoms with van der Waals surface area (Å²) in [6.07, 6.45) is 1.41. The molecule has 0 unspecified atom stereocenters. The molecule has 3 aromatic rings. The number of fused-ring (bicyclic) bond motifs is 1. The van der Waals surface area contributed by atoms with Crippen molar-refractivity contribution in [3.05, 3.63) is 47.9 Å². The molecule has 1 amide bonds. The Morgan fingerprint density at radius 3 is 2.85 bits per heavy atom. The molecule has 2 heterocycles. The van der Waals surface area contributed by atoms with Gasteiger partial charge < -0.3 is 9.52 Å². The minimum Gasteiger partial charge on any atom is -0.478 e. The third-order valence-electron chi connectivity index (χ3n) is 2.60. The quantitative estimate of drug-likeness (QED) is 0.773. The minimum atomic E-state index is -0.999. The molecule has 7 heteroatoms. The first kappa shape index (κ1) is 12.4. The van der Waals surface area contributed by atoms with Gasteiger partial charge in [-0.25, -0.2) is 9.78 Å². The lowest BCUT2D eigenvalue weighted by molar-refractivity contribution is 0.0697. The molecule has 0 bridgehead atoms. The van der Waals surface area contributed by atoms with Gasteiger partial charge in [-0.3, -0.25) is 10.1 Å². The van der Waals surface area contributed by atoms with Crippen molar-refractivity contribution >= 4 is 38.6 Å². The zero-order valence-corrected chi connectivity index (χ0v) is 10.8. The summed E-state index contributed by atoms with van der Waals surface area (Å²) < 4.78 is 5.67. The monoisotopic (exact) mass is 288 g/mol. The van der Waals surface area contributed by atoms with Gasteiger partial charge in [-0.2, -0.15) is 0 Å². The van der Waals surface area contributed by atoms with Crippen molar-refractivity contribution in [3.63, 3.8) is 0 Å². The number of aromatic carboxylic acids is 1. The van der Waals surface area contributed by atoms with Crippen LogP contribution in [0.3, 0.4) is 0 Å². The predicted octanol–water partition coefficient (Wildman–Crippen LogP) is 2.84. The number of nitrogens with zero attached hydrogens (tertiary/aromatic N) is 1. The number of nitrogens with one attached hydrogen (secondary N) is 1. The second-order valence-electron chi connectivity index (χ2n) is 3.94. The number of carboxylic acids is 1. The fourth-order valence-electron chi connectivity index (χ4n) is 1.68. The van der Waals surface area contributed by atoms with Crippen LogP contribution in [0.5, 0.6) is 0 Å². The van der Waals surface area contributed by atoms with Crippen LogP contribution in [-0.4, -0.2) is 22.0 Å². The summed E-state index contributed by atoms with van der Waals surface area (Å²) in [5, 5.41) is 11.9. The Morgan fingerprint density at radius 1 is 1.30 bits per heavy atom. The van der Waals surface area contributed by atoms with E-state index in [1.165, 1.54) is 29.7 Å². The highest BCUT2D eigenvalue weighted by Gasteiger charge is 2.13. The molecule has 0 aliphatic carbocycles. The van der Waals surface area contributed by atoms with E-state index in [9.17, 15) is 9.59 Å². The standard InChI is InChI=1S/C13H8N2O4S/c16-11(9-2-1-5-19-9)15-13-14-8-4-3-7(12(17)18)6-10(8)20-13/h1-6H,(H,17,18)(H,14,15,16). The van der Waals surface area contributed by atoms with Gasteiger partial charge in [0.05, 0.1) is 22.0 Å². The Kier molecular flexibility index (Phi) is 2.96.